The van der Waals surface area contributed by atoms with Crippen LogP contribution in [0.25, 0.3) is 0 Å². The molecule has 0 N–H and O–H groups in total. The minimum absolute atomic E-state index is 0.367. The van der Waals surface area contributed by atoms with Crippen LogP contribution in [0, 0.1) is 0 Å². The third-order valence-corrected chi connectivity index (χ3v) is 2.36. The van der Waals surface area contributed by atoms with Crippen LogP contribution >= 0.6 is 27.5 Å². The summed E-state index contributed by atoms with van der Waals surface area (Å²) in [4.78, 5) is 10.7. The molecule has 2 nitrogen and oxygen atoms in total. The Morgan fingerprint density at radius 2 is 2.31 bits per heavy atom. The van der Waals surface area contributed by atoms with E-state index in [0.29, 0.717) is 16.1 Å². The summed E-state index contributed by atoms with van der Waals surface area (Å²) in [6.45, 7) is 1.34. The van der Waals surface area contributed by atoms with Gasteiger partial charge < -0.3 is 4.74 Å². The summed E-state index contributed by atoms with van der Waals surface area (Å²) in [5, 5.41) is 1.15. The molecule has 1 rings (SSSR count). The van der Waals surface area contributed by atoms with E-state index in [9.17, 15) is 4.79 Å². The summed E-state index contributed by atoms with van der Waals surface area (Å²) in [6.07, 6.45) is 0. The van der Waals surface area contributed by atoms with E-state index in [1.165, 1.54) is 6.92 Å². The molecule has 0 heterocycles. The Morgan fingerprint density at radius 3 is 2.85 bits per heavy atom. The highest BCUT2D eigenvalue weighted by Gasteiger charge is 2.04. The van der Waals surface area contributed by atoms with E-state index in [4.69, 9.17) is 16.3 Å². The van der Waals surface area contributed by atoms with Gasteiger partial charge in [-0.15, -0.1) is 0 Å². The molecule has 0 aliphatic carbocycles. The molecule has 13 heavy (non-hydrogen) atoms. The van der Waals surface area contributed by atoms with Crippen molar-refractivity contribution in [2.24, 2.45) is 0 Å². The topological polar surface area (TPSA) is 26.3 Å². The summed E-state index contributed by atoms with van der Waals surface area (Å²) in [6, 6.07) is 5.30. The third kappa shape index (κ3) is 3.01. The van der Waals surface area contributed by atoms with E-state index < -0.39 is 0 Å². The van der Waals surface area contributed by atoms with E-state index >= 15 is 0 Å². The number of alkyl halides is 1. The van der Waals surface area contributed by atoms with Crippen LogP contribution in [0.15, 0.2) is 18.2 Å². The molecule has 0 aromatic heterocycles. The number of ether oxygens (including phenoxy) is 1. The van der Waals surface area contributed by atoms with Crippen LogP contribution in [0.4, 0.5) is 0 Å². The fraction of sp³-hybridized carbons (Fsp3) is 0.222. The minimum Gasteiger partial charge on any atom is -0.425 e. The minimum atomic E-state index is -0.367. The standard InChI is InChI=1S/C9H8BrClO2/c1-6(12)13-9-4-7(5-10)2-3-8(9)11/h2-4H,5H2,1H3. The van der Waals surface area contributed by atoms with Crippen molar-refractivity contribution in [1.29, 1.82) is 0 Å². The van der Waals surface area contributed by atoms with E-state index in [-0.39, 0.29) is 5.97 Å². The molecule has 0 bridgehead atoms. The van der Waals surface area contributed by atoms with Crippen LogP contribution in [-0.4, -0.2) is 5.97 Å². The number of rotatable bonds is 2. The average molecular weight is 264 g/mol. The number of hydrogen-bond donors (Lipinski definition) is 0. The van der Waals surface area contributed by atoms with Gasteiger partial charge in [-0.05, 0) is 17.7 Å². The van der Waals surface area contributed by atoms with Crippen molar-refractivity contribution in [2.75, 3.05) is 0 Å². The highest BCUT2D eigenvalue weighted by Crippen LogP contribution is 2.26. The molecule has 0 fully saturated rings. The molecule has 1 aromatic rings. The third-order valence-electron chi connectivity index (χ3n) is 1.40. The Balaban J connectivity index is 2.96. The zero-order chi connectivity index (χ0) is 9.84. The van der Waals surface area contributed by atoms with Crippen molar-refractivity contribution in [2.45, 2.75) is 12.3 Å². The van der Waals surface area contributed by atoms with Crippen molar-refractivity contribution in [3.05, 3.63) is 28.8 Å². The first-order valence-electron chi connectivity index (χ1n) is 3.66. The first-order chi connectivity index (χ1) is 6.13. The number of carbonyl (C=O) groups is 1. The van der Waals surface area contributed by atoms with E-state index in [1.807, 2.05) is 6.07 Å². The maximum atomic E-state index is 10.7. The summed E-state index contributed by atoms with van der Waals surface area (Å²) < 4.78 is 4.90. The largest absolute Gasteiger partial charge is 0.425 e. The number of esters is 1. The van der Waals surface area contributed by atoms with Crippen LogP contribution in [0.3, 0.4) is 0 Å². The van der Waals surface area contributed by atoms with Crippen LogP contribution in [0.2, 0.25) is 5.02 Å². The van der Waals surface area contributed by atoms with Gasteiger partial charge >= 0.3 is 5.97 Å². The molecule has 1 aromatic carbocycles. The lowest BCUT2D eigenvalue weighted by Crippen LogP contribution is -2.02. The second-order valence-electron chi connectivity index (χ2n) is 2.49. The highest BCUT2D eigenvalue weighted by atomic mass is 79.9. The van der Waals surface area contributed by atoms with Crippen molar-refractivity contribution in [3.63, 3.8) is 0 Å². The fourth-order valence-electron chi connectivity index (χ4n) is 0.864. The maximum Gasteiger partial charge on any atom is 0.308 e. The summed E-state index contributed by atoms with van der Waals surface area (Å²) in [5.41, 5.74) is 1.01. The monoisotopic (exact) mass is 262 g/mol. The lowest BCUT2D eigenvalue weighted by Gasteiger charge is -2.04. The Bertz CT molecular complexity index is 325. The summed E-state index contributed by atoms with van der Waals surface area (Å²) in [5.74, 6) is 0.0414. The van der Waals surface area contributed by atoms with Gasteiger partial charge in [0.05, 0.1) is 5.02 Å². The molecular weight excluding hydrogens is 255 g/mol. The van der Waals surface area contributed by atoms with Gasteiger partial charge in [0, 0.05) is 12.3 Å². The average Bonchev–Trinajstić information content (AvgIpc) is 2.08. The summed E-state index contributed by atoms with van der Waals surface area (Å²) >= 11 is 9.10. The van der Waals surface area contributed by atoms with Crippen LogP contribution in [0.5, 0.6) is 5.75 Å². The van der Waals surface area contributed by atoms with Gasteiger partial charge in [0.15, 0.2) is 0 Å². The molecule has 0 aliphatic rings. The number of benzene rings is 1. The molecule has 0 radical (unpaired) electrons. The summed E-state index contributed by atoms with van der Waals surface area (Å²) in [7, 11) is 0. The molecule has 4 heteroatoms. The van der Waals surface area contributed by atoms with Gasteiger partial charge in [-0.25, -0.2) is 0 Å². The second-order valence-corrected chi connectivity index (χ2v) is 3.46. The van der Waals surface area contributed by atoms with Gasteiger partial charge in [-0.1, -0.05) is 33.6 Å². The van der Waals surface area contributed by atoms with Gasteiger partial charge in [0.25, 0.3) is 0 Å². The molecule has 0 spiro atoms. The van der Waals surface area contributed by atoms with Gasteiger partial charge in [-0.2, -0.15) is 0 Å². The van der Waals surface area contributed by atoms with Gasteiger partial charge in [0.1, 0.15) is 5.75 Å². The maximum absolute atomic E-state index is 10.7. The predicted molar refractivity (Wildman–Crippen MR) is 55.4 cm³/mol. The number of carbonyl (C=O) groups excluding carboxylic acids is 1. The Labute approximate surface area is 90.0 Å². The lowest BCUT2D eigenvalue weighted by atomic mass is 10.2. The molecule has 0 saturated carbocycles. The Kier molecular flexibility index (Phi) is 3.75. The Morgan fingerprint density at radius 1 is 1.62 bits per heavy atom. The molecule has 70 valence electrons. The van der Waals surface area contributed by atoms with Crippen molar-refractivity contribution in [1.82, 2.24) is 0 Å². The highest BCUT2D eigenvalue weighted by molar-refractivity contribution is 9.08. The normalized spacial score (nSPS) is 9.77. The predicted octanol–water partition coefficient (Wildman–Crippen LogP) is 3.16. The van der Waals surface area contributed by atoms with Gasteiger partial charge in [-0.3, -0.25) is 4.79 Å². The SMILES string of the molecule is CC(=O)Oc1cc(CBr)ccc1Cl. The zero-order valence-electron chi connectivity index (χ0n) is 7.01. The van der Waals surface area contributed by atoms with Crippen molar-refractivity contribution >= 4 is 33.5 Å². The second kappa shape index (κ2) is 4.63. The quantitative estimate of drug-likeness (QED) is 0.465. The molecule has 0 amide bonds. The first kappa shape index (κ1) is 10.5. The van der Waals surface area contributed by atoms with Crippen molar-refractivity contribution < 1.29 is 9.53 Å². The zero-order valence-corrected chi connectivity index (χ0v) is 9.35. The smallest absolute Gasteiger partial charge is 0.308 e. The number of halogens is 2. The number of hydrogen-bond acceptors (Lipinski definition) is 2. The van der Waals surface area contributed by atoms with Crippen LogP contribution in [-0.2, 0) is 10.1 Å². The van der Waals surface area contributed by atoms with E-state index in [0.717, 1.165) is 5.56 Å². The van der Waals surface area contributed by atoms with E-state index in [2.05, 4.69) is 15.9 Å². The van der Waals surface area contributed by atoms with E-state index in [1.54, 1.807) is 12.1 Å². The molecule has 0 unspecified atom stereocenters. The van der Waals surface area contributed by atoms with Crippen molar-refractivity contribution in [3.8, 4) is 5.75 Å². The molecule has 0 aliphatic heterocycles. The Hall–Kier alpha value is -0.540. The molecule has 0 saturated heterocycles. The van der Waals surface area contributed by atoms with Crippen LogP contribution in [0.1, 0.15) is 12.5 Å². The fourth-order valence-corrected chi connectivity index (χ4v) is 1.37. The van der Waals surface area contributed by atoms with Gasteiger partial charge in [0.2, 0.25) is 0 Å². The molecular formula is C9H8BrClO2. The lowest BCUT2D eigenvalue weighted by molar-refractivity contribution is -0.131. The molecule has 0 atom stereocenters. The first-order valence-corrected chi connectivity index (χ1v) is 5.16. The van der Waals surface area contributed by atoms with Crippen LogP contribution < -0.4 is 4.74 Å².